The maximum Gasteiger partial charge on any atom is 0.338 e. The molecule has 2 aromatic carbocycles. The van der Waals surface area contributed by atoms with Crippen molar-refractivity contribution in [1.82, 2.24) is 0 Å². The van der Waals surface area contributed by atoms with E-state index in [9.17, 15) is 14.4 Å². The first kappa shape index (κ1) is 19.7. The van der Waals surface area contributed by atoms with Crippen molar-refractivity contribution in [2.45, 2.75) is 32.8 Å². The number of hydrogen-bond acceptors (Lipinski definition) is 4. The third-order valence-corrected chi connectivity index (χ3v) is 3.74. The number of ether oxygens (including phenoxy) is 1. The molecule has 5 nitrogen and oxygen atoms in total. The number of amides is 1. The van der Waals surface area contributed by atoms with Gasteiger partial charge < -0.3 is 10.1 Å². The van der Waals surface area contributed by atoms with Gasteiger partial charge in [-0.25, -0.2) is 4.79 Å². The van der Waals surface area contributed by atoms with Crippen LogP contribution in [0.25, 0.3) is 0 Å². The average Bonchev–Trinajstić information content (AvgIpc) is 2.60. The SMILES string of the molecule is CC(C)OC(=O)c1ccc(NC(=O)CCC(=O)c2ccc(Cl)cc2)cc1. The minimum atomic E-state index is -0.411. The van der Waals surface area contributed by atoms with Crippen LogP contribution in [-0.4, -0.2) is 23.8 Å². The maximum absolute atomic E-state index is 12.0. The van der Waals surface area contributed by atoms with Crippen molar-refractivity contribution in [2.24, 2.45) is 0 Å². The normalized spacial score (nSPS) is 10.5. The van der Waals surface area contributed by atoms with Crippen LogP contribution in [-0.2, 0) is 9.53 Å². The zero-order valence-corrected chi connectivity index (χ0v) is 15.4. The van der Waals surface area contributed by atoms with E-state index in [0.717, 1.165) is 0 Å². The number of ketones is 1. The van der Waals surface area contributed by atoms with Gasteiger partial charge >= 0.3 is 5.97 Å². The van der Waals surface area contributed by atoms with Gasteiger partial charge in [0.2, 0.25) is 5.91 Å². The lowest BCUT2D eigenvalue weighted by Gasteiger charge is -2.09. The average molecular weight is 374 g/mol. The first-order valence-electron chi connectivity index (χ1n) is 8.25. The zero-order valence-electron chi connectivity index (χ0n) is 14.6. The summed E-state index contributed by atoms with van der Waals surface area (Å²) in [5.41, 5.74) is 1.49. The fourth-order valence-corrected chi connectivity index (χ4v) is 2.33. The highest BCUT2D eigenvalue weighted by Gasteiger charge is 2.11. The summed E-state index contributed by atoms with van der Waals surface area (Å²) in [6.07, 6.45) is -0.0229. The molecule has 0 spiro atoms. The molecule has 0 aliphatic rings. The smallest absolute Gasteiger partial charge is 0.338 e. The molecule has 0 bridgehead atoms. The van der Waals surface area contributed by atoms with Gasteiger partial charge in [0.15, 0.2) is 5.78 Å². The predicted octanol–water partition coefficient (Wildman–Crippen LogP) is 4.51. The van der Waals surface area contributed by atoms with Gasteiger partial charge in [-0.15, -0.1) is 0 Å². The number of anilines is 1. The van der Waals surface area contributed by atoms with E-state index in [2.05, 4.69) is 5.32 Å². The number of rotatable bonds is 7. The molecular formula is C20H20ClNO4. The fraction of sp³-hybridized carbons (Fsp3) is 0.250. The Morgan fingerprint density at radius 2 is 1.50 bits per heavy atom. The zero-order chi connectivity index (χ0) is 19.1. The molecule has 6 heteroatoms. The molecule has 0 aromatic heterocycles. The van der Waals surface area contributed by atoms with Gasteiger partial charge in [0.25, 0.3) is 0 Å². The van der Waals surface area contributed by atoms with Crippen molar-refractivity contribution in [3.05, 3.63) is 64.7 Å². The Morgan fingerprint density at radius 3 is 2.08 bits per heavy atom. The van der Waals surface area contributed by atoms with E-state index >= 15 is 0 Å². The molecule has 1 N–H and O–H groups in total. The van der Waals surface area contributed by atoms with Crippen molar-refractivity contribution >= 4 is 34.9 Å². The topological polar surface area (TPSA) is 72.5 Å². The van der Waals surface area contributed by atoms with E-state index in [1.54, 1.807) is 62.4 Å². The van der Waals surface area contributed by atoms with Gasteiger partial charge in [0, 0.05) is 29.1 Å². The minimum Gasteiger partial charge on any atom is -0.459 e. The second-order valence-electron chi connectivity index (χ2n) is 6.01. The lowest BCUT2D eigenvalue weighted by molar-refractivity contribution is -0.116. The fourth-order valence-electron chi connectivity index (χ4n) is 2.20. The van der Waals surface area contributed by atoms with E-state index in [0.29, 0.717) is 21.8 Å². The van der Waals surface area contributed by atoms with Crippen LogP contribution in [0.5, 0.6) is 0 Å². The number of halogens is 1. The van der Waals surface area contributed by atoms with Crippen LogP contribution in [0.1, 0.15) is 47.4 Å². The Bertz CT molecular complexity index is 782. The number of esters is 1. The van der Waals surface area contributed by atoms with Crippen molar-refractivity contribution in [1.29, 1.82) is 0 Å². The largest absolute Gasteiger partial charge is 0.459 e. The monoisotopic (exact) mass is 373 g/mol. The summed E-state index contributed by atoms with van der Waals surface area (Å²) < 4.78 is 5.10. The van der Waals surface area contributed by atoms with E-state index in [1.807, 2.05) is 0 Å². The summed E-state index contributed by atoms with van der Waals surface area (Å²) in [4.78, 5) is 35.8. The molecule has 2 rings (SSSR count). The number of Topliss-reactive ketones (excluding diaryl/α,β-unsaturated/α-hetero) is 1. The van der Waals surface area contributed by atoms with Crippen LogP contribution in [0.3, 0.4) is 0 Å². The van der Waals surface area contributed by atoms with Gasteiger partial charge in [0.1, 0.15) is 0 Å². The van der Waals surface area contributed by atoms with Crippen molar-refractivity contribution < 1.29 is 19.1 Å². The highest BCUT2D eigenvalue weighted by Crippen LogP contribution is 2.14. The predicted molar refractivity (Wildman–Crippen MR) is 101 cm³/mol. The molecule has 0 atom stereocenters. The van der Waals surface area contributed by atoms with Crippen LogP contribution in [0.4, 0.5) is 5.69 Å². The lowest BCUT2D eigenvalue weighted by atomic mass is 10.1. The van der Waals surface area contributed by atoms with Crippen LogP contribution < -0.4 is 5.32 Å². The van der Waals surface area contributed by atoms with Crippen LogP contribution in [0.2, 0.25) is 5.02 Å². The second kappa shape index (κ2) is 9.15. The van der Waals surface area contributed by atoms with E-state index in [1.165, 1.54) is 0 Å². The third kappa shape index (κ3) is 6.01. The van der Waals surface area contributed by atoms with Gasteiger partial charge in [0.05, 0.1) is 11.7 Å². The summed E-state index contributed by atoms with van der Waals surface area (Å²) in [7, 11) is 0. The summed E-state index contributed by atoms with van der Waals surface area (Å²) in [5, 5.41) is 3.26. The Kier molecular flexibility index (Phi) is 6.92. The first-order valence-corrected chi connectivity index (χ1v) is 8.62. The number of benzene rings is 2. The van der Waals surface area contributed by atoms with Gasteiger partial charge in [-0.05, 0) is 62.4 Å². The number of hydrogen-bond donors (Lipinski definition) is 1. The van der Waals surface area contributed by atoms with Gasteiger partial charge in [-0.1, -0.05) is 11.6 Å². The van der Waals surface area contributed by atoms with E-state index in [4.69, 9.17) is 16.3 Å². The Hall–Kier alpha value is -2.66. The Morgan fingerprint density at radius 1 is 0.923 bits per heavy atom. The third-order valence-electron chi connectivity index (χ3n) is 3.49. The molecule has 0 aliphatic heterocycles. The first-order chi connectivity index (χ1) is 12.3. The highest BCUT2D eigenvalue weighted by atomic mass is 35.5. The molecule has 0 radical (unpaired) electrons. The minimum absolute atomic E-state index is 0.0681. The maximum atomic E-state index is 12.0. The van der Waals surface area contributed by atoms with Crippen LogP contribution in [0.15, 0.2) is 48.5 Å². The quantitative estimate of drug-likeness (QED) is 0.572. The molecule has 136 valence electrons. The molecule has 0 aliphatic carbocycles. The molecular weight excluding hydrogens is 354 g/mol. The van der Waals surface area contributed by atoms with Crippen molar-refractivity contribution in [2.75, 3.05) is 5.32 Å². The summed E-state index contributed by atoms with van der Waals surface area (Å²) in [6.45, 7) is 3.55. The van der Waals surface area contributed by atoms with Crippen molar-refractivity contribution in [3.8, 4) is 0 Å². The molecule has 0 fully saturated rings. The van der Waals surface area contributed by atoms with Gasteiger partial charge in [-0.2, -0.15) is 0 Å². The summed E-state index contributed by atoms with van der Waals surface area (Å²) >= 11 is 5.79. The molecule has 2 aromatic rings. The van der Waals surface area contributed by atoms with E-state index in [-0.39, 0.29) is 30.6 Å². The number of carbonyl (C=O) groups is 3. The lowest BCUT2D eigenvalue weighted by Crippen LogP contribution is -2.14. The summed E-state index contributed by atoms with van der Waals surface area (Å²) in [6, 6.07) is 13.0. The second-order valence-corrected chi connectivity index (χ2v) is 6.45. The Balaban J connectivity index is 1.84. The molecule has 0 saturated carbocycles. The van der Waals surface area contributed by atoms with E-state index < -0.39 is 5.97 Å². The summed E-state index contributed by atoms with van der Waals surface area (Å²) in [5.74, 6) is -0.806. The van der Waals surface area contributed by atoms with Crippen LogP contribution >= 0.6 is 11.6 Å². The molecule has 0 heterocycles. The number of nitrogens with one attached hydrogen (secondary N) is 1. The number of carbonyl (C=O) groups excluding carboxylic acids is 3. The van der Waals surface area contributed by atoms with Gasteiger partial charge in [-0.3, -0.25) is 9.59 Å². The highest BCUT2D eigenvalue weighted by molar-refractivity contribution is 6.30. The Labute approximate surface area is 157 Å². The molecule has 0 unspecified atom stereocenters. The standard InChI is InChI=1S/C20H20ClNO4/c1-13(2)26-20(25)15-5-9-17(10-6-15)22-19(24)12-11-18(23)14-3-7-16(21)8-4-14/h3-10,13H,11-12H2,1-2H3,(H,22,24). The molecule has 26 heavy (non-hydrogen) atoms. The van der Waals surface area contributed by atoms with Crippen molar-refractivity contribution in [3.63, 3.8) is 0 Å². The molecule has 0 saturated heterocycles. The molecule has 1 amide bonds. The van der Waals surface area contributed by atoms with Crippen LogP contribution in [0, 0.1) is 0 Å².